The number of halogens is 1. The first-order valence-corrected chi connectivity index (χ1v) is 12.4. The number of hydrogen-bond acceptors (Lipinski definition) is 5. The Hall–Kier alpha value is -3.12. The molecule has 1 aliphatic rings. The van der Waals surface area contributed by atoms with Crippen molar-refractivity contribution >= 4 is 32.7 Å². The maximum Gasteiger partial charge on any atom is 0.162 e. The summed E-state index contributed by atoms with van der Waals surface area (Å²) in [5.41, 5.74) is 3.26. The molecular formula is C28H28BrN3O2. The van der Waals surface area contributed by atoms with E-state index in [1.54, 1.807) is 14.2 Å². The molecule has 5 rings (SSSR count). The Morgan fingerprint density at radius 2 is 1.56 bits per heavy atom. The average Bonchev–Trinajstić information content (AvgIpc) is 2.88. The minimum Gasteiger partial charge on any atom is -0.493 e. The minimum absolute atomic E-state index is 0.669. The molecule has 0 unspecified atom stereocenters. The fourth-order valence-corrected chi connectivity index (χ4v) is 4.97. The summed E-state index contributed by atoms with van der Waals surface area (Å²) in [5, 5.41) is 0.986. The zero-order chi connectivity index (χ0) is 23.5. The highest BCUT2D eigenvalue weighted by Gasteiger charge is 2.24. The lowest BCUT2D eigenvalue weighted by molar-refractivity contribution is 0.355. The number of benzene rings is 3. The number of ether oxygens (including phenoxy) is 2. The molecule has 1 fully saturated rings. The third-order valence-electron chi connectivity index (χ3n) is 6.56. The first kappa shape index (κ1) is 22.7. The molecule has 0 bridgehead atoms. The number of aromatic nitrogens is 2. The van der Waals surface area contributed by atoms with Crippen LogP contribution in [0.3, 0.4) is 0 Å². The van der Waals surface area contributed by atoms with Crippen LogP contribution >= 0.6 is 15.9 Å². The van der Waals surface area contributed by atoms with E-state index in [1.165, 1.54) is 5.56 Å². The summed E-state index contributed by atoms with van der Waals surface area (Å²) in [5.74, 6) is 3.72. The van der Waals surface area contributed by atoms with Gasteiger partial charge in [-0.3, -0.25) is 0 Å². The molecule has 1 aliphatic heterocycles. The van der Waals surface area contributed by atoms with Crippen LogP contribution in [0, 0.1) is 5.92 Å². The molecule has 2 heterocycles. The Labute approximate surface area is 208 Å². The van der Waals surface area contributed by atoms with Gasteiger partial charge in [0.05, 0.1) is 19.7 Å². The largest absolute Gasteiger partial charge is 0.493 e. The Balaban J connectivity index is 1.50. The summed E-state index contributed by atoms with van der Waals surface area (Å²) in [6.07, 6.45) is 3.41. The van der Waals surface area contributed by atoms with Gasteiger partial charge in [-0.25, -0.2) is 9.97 Å². The average molecular weight is 518 g/mol. The highest BCUT2D eigenvalue weighted by atomic mass is 79.9. The van der Waals surface area contributed by atoms with Crippen LogP contribution in [-0.4, -0.2) is 37.3 Å². The summed E-state index contributed by atoms with van der Waals surface area (Å²) < 4.78 is 12.2. The molecule has 3 aromatic carbocycles. The number of rotatable bonds is 6. The van der Waals surface area contributed by atoms with Crippen molar-refractivity contribution in [2.75, 3.05) is 32.2 Å². The second-order valence-electron chi connectivity index (χ2n) is 8.72. The first-order valence-electron chi connectivity index (χ1n) is 11.6. The van der Waals surface area contributed by atoms with Crippen molar-refractivity contribution in [2.24, 2.45) is 5.92 Å². The van der Waals surface area contributed by atoms with Gasteiger partial charge >= 0.3 is 0 Å². The van der Waals surface area contributed by atoms with E-state index in [0.29, 0.717) is 23.2 Å². The molecule has 0 N–H and O–H groups in total. The molecule has 1 saturated heterocycles. The Bertz CT molecular complexity index is 1270. The number of nitrogens with zero attached hydrogens (tertiary/aromatic N) is 3. The van der Waals surface area contributed by atoms with Gasteiger partial charge in [0.1, 0.15) is 5.82 Å². The van der Waals surface area contributed by atoms with Crippen LogP contribution in [0.2, 0.25) is 0 Å². The molecule has 0 radical (unpaired) electrons. The van der Waals surface area contributed by atoms with E-state index in [2.05, 4.69) is 51.2 Å². The lowest BCUT2D eigenvalue weighted by atomic mass is 9.90. The predicted molar refractivity (Wildman–Crippen MR) is 141 cm³/mol. The zero-order valence-corrected chi connectivity index (χ0v) is 21.1. The number of fused-ring (bicyclic) bond motifs is 1. The van der Waals surface area contributed by atoms with Crippen LogP contribution in [0.4, 0.5) is 5.82 Å². The third-order valence-corrected chi connectivity index (χ3v) is 7.09. The molecule has 5 nitrogen and oxygen atoms in total. The van der Waals surface area contributed by atoms with E-state index in [1.807, 2.05) is 36.4 Å². The molecule has 0 amide bonds. The van der Waals surface area contributed by atoms with E-state index in [9.17, 15) is 0 Å². The van der Waals surface area contributed by atoms with Crippen molar-refractivity contribution in [2.45, 2.75) is 19.3 Å². The van der Waals surface area contributed by atoms with E-state index >= 15 is 0 Å². The monoisotopic (exact) mass is 517 g/mol. The van der Waals surface area contributed by atoms with Gasteiger partial charge in [-0.05, 0) is 48.9 Å². The van der Waals surface area contributed by atoms with Crippen LogP contribution in [0.5, 0.6) is 11.5 Å². The quantitative estimate of drug-likeness (QED) is 0.290. The number of anilines is 1. The van der Waals surface area contributed by atoms with Crippen molar-refractivity contribution < 1.29 is 9.47 Å². The number of piperidine rings is 1. The van der Waals surface area contributed by atoms with Crippen LogP contribution in [0.15, 0.2) is 71.2 Å². The fourth-order valence-electron chi connectivity index (χ4n) is 4.70. The van der Waals surface area contributed by atoms with Crippen molar-refractivity contribution in [3.05, 3.63) is 76.8 Å². The second-order valence-corrected chi connectivity index (χ2v) is 9.64. The van der Waals surface area contributed by atoms with Gasteiger partial charge in [0.15, 0.2) is 17.3 Å². The Kier molecular flexibility index (Phi) is 6.68. The van der Waals surface area contributed by atoms with E-state index in [-0.39, 0.29) is 0 Å². The predicted octanol–water partition coefficient (Wildman–Crippen LogP) is 6.54. The molecule has 1 aromatic heterocycles. The van der Waals surface area contributed by atoms with Gasteiger partial charge in [0, 0.05) is 34.6 Å². The molecule has 0 aliphatic carbocycles. The Morgan fingerprint density at radius 3 is 2.24 bits per heavy atom. The SMILES string of the molecule is COc1cc2nc(-c3ccc(Br)cc3)nc(N3CCC(Cc4ccccc4)CC3)c2cc1OC. The summed E-state index contributed by atoms with van der Waals surface area (Å²) in [4.78, 5) is 12.4. The smallest absolute Gasteiger partial charge is 0.162 e. The van der Waals surface area contributed by atoms with Crippen LogP contribution in [0.25, 0.3) is 22.3 Å². The fraction of sp³-hybridized carbons (Fsp3) is 0.286. The first-order chi connectivity index (χ1) is 16.6. The van der Waals surface area contributed by atoms with Crippen molar-refractivity contribution in [1.82, 2.24) is 9.97 Å². The van der Waals surface area contributed by atoms with E-state index in [0.717, 1.165) is 59.1 Å². The third kappa shape index (κ3) is 4.73. The van der Waals surface area contributed by atoms with Crippen molar-refractivity contribution in [3.8, 4) is 22.9 Å². The van der Waals surface area contributed by atoms with Crippen molar-refractivity contribution in [1.29, 1.82) is 0 Å². The normalized spacial score (nSPS) is 14.4. The molecule has 4 aromatic rings. The van der Waals surface area contributed by atoms with Gasteiger partial charge in [0.2, 0.25) is 0 Å². The van der Waals surface area contributed by atoms with Crippen LogP contribution in [0.1, 0.15) is 18.4 Å². The maximum atomic E-state index is 5.59. The Morgan fingerprint density at radius 1 is 0.882 bits per heavy atom. The van der Waals surface area contributed by atoms with Gasteiger partial charge in [-0.15, -0.1) is 0 Å². The highest BCUT2D eigenvalue weighted by molar-refractivity contribution is 9.10. The molecule has 174 valence electrons. The van der Waals surface area contributed by atoms with Crippen molar-refractivity contribution in [3.63, 3.8) is 0 Å². The van der Waals surface area contributed by atoms with E-state index < -0.39 is 0 Å². The molecule has 6 heteroatoms. The van der Waals surface area contributed by atoms with Crippen LogP contribution in [-0.2, 0) is 6.42 Å². The minimum atomic E-state index is 0.669. The highest BCUT2D eigenvalue weighted by Crippen LogP contribution is 2.37. The van der Waals surface area contributed by atoms with E-state index in [4.69, 9.17) is 19.4 Å². The number of methoxy groups -OCH3 is 2. The van der Waals surface area contributed by atoms with Gasteiger partial charge in [-0.1, -0.05) is 58.4 Å². The second kappa shape index (κ2) is 10.0. The topological polar surface area (TPSA) is 47.5 Å². The molecule has 0 atom stereocenters. The lowest BCUT2D eigenvalue weighted by Gasteiger charge is -2.33. The summed E-state index contributed by atoms with van der Waals surface area (Å²) in [7, 11) is 3.31. The van der Waals surface area contributed by atoms with Gasteiger partial charge in [-0.2, -0.15) is 0 Å². The van der Waals surface area contributed by atoms with Crippen LogP contribution < -0.4 is 14.4 Å². The maximum absolute atomic E-state index is 5.59. The summed E-state index contributed by atoms with van der Waals surface area (Å²) in [6, 6.07) is 22.9. The van der Waals surface area contributed by atoms with Gasteiger partial charge in [0.25, 0.3) is 0 Å². The van der Waals surface area contributed by atoms with Gasteiger partial charge < -0.3 is 14.4 Å². The standard InChI is InChI=1S/C28H28BrN3O2/c1-33-25-17-23-24(18-26(25)34-2)30-27(21-8-10-22(29)11-9-21)31-28(23)32-14-12-20(13-15-32)16-19-6-4-3-5-7-19/h3-11,17-18,20H,12-16H2,1-2H3. The lowest BCUT2D eigenvalue weighted by Crippen LogP contribution is -2.35. The zero-order valence-electron chi connectivity index (χ0n) is 19.5. The summed E-state index contributed by atoms with van der Waals surface area (Å²) >= 11 is 3.52. The number of hydrogen-bond donors (Lipinski definition) is 0. The molecule has 0 spiro atoms. The molecule has 0 saturated carbocycles. The molecular weight excluding hydrogens is 490 g/mol. The molecule has 34 heavy (non-hydrogen) atoms. The summed E-state index contributed by atoms with van der Waals surface area (Å²) in [6.45, 7) is 1.94.